The lowest BCUT2D eigenvalue weighted by Crippen LogP contribution is -2.35. The number of aryl methyl sites for hydroxylation is 1. The summed E-state index contributed by atoms with van der Waals surface area (Å²) in [5, 5.41) is 12.3. The van der Waals surface area contributed by atoms with Gasteiger partial charge in [0.2, 0.25) is 0 Å². The van der Waals surface area contributed by atoms with Gasteiger partial charge < -0.3 is 9.64 Å². The molecule has 3 rings (SSSR count). The Bertz CT molecular complexity index is 645. The Morgan fingerprint density at radius 3 is 2.52 bits per heavy atom. The van der Waals surface area contributed by atoms with Crippen LogP contribution in [0.3, 0.4) is 0 Å². The van der Waals surface area contributed by atoms with Gasteiger partial charge in [-0.1, -0.05) is 29.8 Å². The van der Waals surface area contributed by atoms with E-state index in [1.54, 1.807) is 6.07 Å². The first-order chi connectivity index (χ1) is 10.1. The van der Waals surface area contributed by atoms with Crippen LogP contribution in [-0.2, 0) is 4.74 Å². The van der Waals surface area contributed by atoms with Crippen LogP contribution in [0.1, 0.15) is 5.56 Å². The number of hydrogen-bond donors (Lipinski definition) is 0. The minimum atomic E-state index is -0.313. The van der Waals surface area contributed by atoms with E-state index in [1.807, 2.05) is 31.2 Å². The third-order valence-electron chi connectivity index (χ3n) is 3.54. The molecule has 1 aliphatic rings. The summed E-state index contributed by atoms with van der Waals surface area (Å²) in [4.78, 5) is 13.0. The SMILES string of the molecule is Cc1ccc(-c2cc([N+](=O)[O-])sc2N2CCOCC2)cc1. The number of anilines is 1. The van der Waals surface area contributed by atoms with E-state index in [0.717, 1.165) is 29.2 Å². The fourth-order valence-corrected chi connectivity index (χ4v) is 3.45. The highest BCUT2D eigenvalue weighted by atomic mass is 32.1. The van der Waals surface area contributed by atoms with Crippen LogP contribution in [0.5, 0.6) is 0 Å². The molecule has 0 saturated carbocycles. The summed E-state index contributed by atoms with van der Waals surface area (Å²) in [6, 6.07) is 9.78. The van der Waals surface area contributed by atoms with Gasteiger partial charge in [0.25, 0.3) is 0 Å². The van der Waals surface area contributed by atoms with Crippen molar-refractivity contribution < 1.29 is 9.66 Å². The van der Waals surface area contributed by atoms with Crippen molar-refractivity contribution in [2.45, 2.75) is 6.92 Å². The number of hydrogen-bond acceptors (Lipinski definition) is 5. The molecule has 110 valence electrons. The van der Waals surface area contributed by atoms with E-state index in [4.69, 9.17) is 4.74 Å². The molecular weight excluding hydrogens is 288 g/mol. The third-order valence-corrected chi connectivity index (χ3v) is 4.69. The number of benzene rings is 1. The molecule has 0 atom stereocenters. The molecule has 1 fully saturated rings. The van der Waals surface area contributed by atoms with Crippen LogP contribution >= 0.6 is 11.3 Å². The molecule has 2 heterocycles. The van der Waals surface area contributed by atoms with E-state index in [9.17, 15) is 10.1 Å². The van der Waals surface area contributed by atoms with Gasteiger partial charge in [-0.3, -0.25) is 10.1 Å². The van der Waals surface area contributed by atoms with E-state index < -0.39 is 0 Å². The molecule has 0 unspecified atom stereocenters. The summed E-state index contributed by atoms with van der Waals surface area (Å²) in [6.07, 6.45) is 0. The average Bonchev–Trinajstić information content (AvgIpc) is 2.94. The quantitative estimate of drug-likeness (QED) is 0.643. The van der Waals surface area contributed by atoms with Crippen LogP contribution in [0.2, 0.25) is 0 Å². The second kappa shape index (κ2) is 5.83. The molecule has 5 nitrogen and oxygen atoms in total. The van der Waals surface area contributed by atoms with Crippen LogP contribution in [0.15, 0.2) is 30.3 Å². The van der Waals surface area contributed by atoms with Crippen LogP contribution in [-0.4, -0.2) is 31.2 Å². The van der Waals surface area contributed by atoms with Crippen molar-refractivity contribution >= 4 is 21.3 Å². The highest BCUT2D eigenvalue weighted by Gasteiger charge is 2.23. The van der Waals surface area contributed by atoms with Gasteiger partial charge in [-0.25, -0.2) is 0 Å². The minimum Gasteiger partial charge on any atom is -0.378 e. The first-order valence-corrected chi connectivity index (χ1v) is 7.65. The number of nitrogens with zero attached hydrogens (tertiary/aromatic N) is 2. The highest BCUT2D eigenvalue weighted by molar-refractivity contribution is 7.19. The first-order valence-electron chi connectivity index (χ1n) is 6.83. The predicted octanol–water partition coefficient (Wildman–Crippen LogP) is 3.47. The zero-order valence-corrected chi connectivity index (χ0v) is 12.6. The molecular formula is C15H16N2O3S. The van der Waals surface area contributed by atoms with Crippen molar-refractivity contribution in [2.24, 2.45) is 0 Å². The highest BCUT2D eigenvalue weighted by Crippen LogP contribution is 2.42. The van der Waals surface area contributed by atoms with Crippen molar-refractivity contribution in [3.63, 3.8) is 0 Å². The van der Waals surface area contributed by atoms with E-state index in [2.05, 4.69) is 4.90 Å². The summed E-state index contributed by atoms with van der Waals surface area (Å²) >= 11 is 1.24. The number of ether oxygens (including phenoxy) is 1. The van der Waals surface area contributed by atoms with Gasteiger partial charge in [0.05, 0.1) is 18.1 Å². The van der Waals surface area contributed by atoms with Gasteiger partial charge in [0.1, 0.15) is 5.00 Å². The second-order valence-corrected chi connectivity index (χ2v) is 6.04. The number of rotatable bonds is 3. The topological polar surface area (TPSA) is 55.6 Å². The molecule has 2 aromatic rings. The molecule has 0 aliphatic carbocycles. The molecule has 1 aromatic heterocycles. The molecule has 0 spiro atoms. The number of morpholine rings is 1. The van der Waals surface area contributed by atoms with Crippen molar-refractivity contribution in [2.75, 3.05) is 31.2 Å². The molecule has 0 amide bonds. The number of nitro groups is 1. The van der Waals surface area contributed by atoms with Gasteiger partial charge in [0.15, 0.2) is 0 Å². The molecule has 6 heteroatoms. The van der Waals surface area contributed by atoms with Crippen molar-refractivity contribution in [3.8, 4) is 11.1 Å². The lowest BCUT2D eigenvalue weighted by Gasteiger charge is -2.28. The molecule has 0 N–H and O–H groups in total. The number of thiophene rings is 1. The van der Waals surface area contributed by atoms with Crippen molar-refractivity contribution in [1.29, 1.82) is 0 Å². The molecule has 0 radical (unpaired) electrons. The van der Waals surface area contributed by atoms with Crippen LogP contribution < -0.4 is 4.90 Å². The summed E-state index contributed by atoms with van der Waals surface area (Å²) in [5.41, 5.74) is 3.14. The van der Waals surface area contributed by atoms with Gasteiger partial charge in [-0.2, -0.15) is 0 Å². The van der Waals surface area contributed by atoms with E-state index in [0.29, 0.717) is 13.2 Å². The summed E-state index contributed by atoms with van der Waals surface area (Å²) in [6.45, 7) is 4.91. The van der Waals surface area contributed by atoms with Crippen molar-refractivity contribution in [3.05, 3.63) is 46.0 Å². The largest absolute Gasteiger partial charge is 0.378 e. The average molecular weight is 304 g/mol. The van der Waals surface area contributed by atoms with E-state index >= 15 is 0 Å². The minimum absolute atomic E-state index is 0.187. The van der Waals surface area contributed by atoms with Crippen LogP contribution in [0, 0.1) is 17.0 Å². The Morgan fingerprint density at radius 1 is 1.24 bits per heavy atom. The van der Waals surface area contributed by atoms with Gasteiger partial charge >= 0.3 is 5.00 Å². The van der Waals surface area contributed by atoms with Crippen LogP contribution in [0.4, 0.5) is 10.0 Å². The Hall–Kier alpha value is -1.92. The van der Waals surface area contributed by atoms with E-state index in [-0.39, 0.29) is 9.92 Å². The molecule has 1 aliphatic heterocycles. The molecule has 21 heavy (non-hydrogen) atoms. The maximum atomic E-state index is 11.1. The van der Waals surface area contributed by atoms with Gasteiger partial charge in [0, 0.05) is 24.7 Å². The summed E-state index contributed by atoms with van der Waals surface area (Å²) in [7, 11) is 0. The summed E-state index contributed by atoms with van der Waals surface area (Å²) in [5.74, 6) is 0. The van der Waals surface area contributed by atoms with Gasteiger partial charge in [-0.15, -0.1) is 0 Å². The zero-order valence-electron chi connectivity index (χ0n) is 11.7. The normalized spacial score (nSPS) is 15.2. The Morgan fingerprint density at radius 2 is 1.90 bits per heavy atom. The van der Waals surface area contributed by atoms with E-state index in [1.165, 1.54) is 16.9 Å². The fraction of sp³-hybridized carbons (Fsp3) is 0.333. The predicted molar refractivity (Wildman–Crippen MR) is 84.2 cm³/mol. The Kier molecular flexibility index (Phi) is 3.90. The monoisotopic (exact) mass is 304 g/mol. The zero-order chi connectivity index (χ0) is 14.8. The maximum Gasteiger partial charge on any atom is 0.326 e. The standard InChI is InChI=1S/C15H16N2O3S/c1-11-2-4-12(5-3-11)13-10-14(17(18)19)21-15(13)16-6-8-20-9-7-16/h2-5,10H,6-9H2,1H3. The van der Waals surface area contributed by atoms with Gasteiger partial charge in [-0.05, 0) is 23.8 Å². The Balaban J connectivity index is 2.04. The molecule has 1 saturated heterocycles. The lowest BCUT2D eigenvalue weighted by atomic mass is 10.1. The maximum absolute atomic E-state index is 11.1. The smallest absolute Gasteiger partial charge is 0.326 e. The van der Waals surface area contributed by atoms with Crippen molar-refractivity contribution in [1.82, 2.24) is 0 Å². The second-order valence-electron chi connectivity index (χ2n) is 5.03. The first kappa shape index (κ1) is 14.0. The van der Waals surface area contributed by atoms with Crippen LogP contribution in [0.25, 0.3) is 11.1 Å². The Labute approximate surface area is 126 Å². The fourth-order valence-electron chi connectivity index (χ4n) is 2.40. The molecule has 0 bridgehead atoms. The molecule has 1 aromatic carbocycles. The third kappa shape index (κ3) is 2.91. The summed E-state index contributed by atoms with van der Waals surface area (Å²) < 4.78 is 5.37. The lowest BCUT2D eigenvalue weighted by molar-refractivity contribution is -0.380.